The van der Waals surface area contributed by atoms with Crippen molar-refractivity contribution in [2.75, 3.05) is 32.8 Å². The topological polar surface area (TPSA) is 80.9 Å². The highest BCUT2D eigenvalue weighted by molar-refractivity contribution is 6.34. The minimum absolute atomic E-state index is 0.0187. The molecular formula is C20H29N2O4. The molecule has 1 saturated heterocycles. The highest BCUT2D eigenvalue weighted by Crippen LogP contribution is 2.31. The summed E-state index contributed by atoms with van der Waals surface area (Å²) in [5.41, 5.74) is 1.20. The third kappa shape index (κ3) is 5.46. The Morgan fingerprint density at radius 2 is 1.88 bits per heavy atom. The van der Waals surface area contributed by atoms with Crippen molar-refractivity contribution in [3.63, 3.8) is 0 Å². The van der Waals surface area contributed by atoms with Crippen molar-refractivity contribution in [1.82, 2.24) is 10.2 Å². The molecule has 0 atom stereocenters. The van der Waals surface area contributed by atoms with Gasteiger partial charge in [-0.1, -0.05) is 39.0 Å². The molecule has 0 bridgehead atoms. The van der Waals surface area contributed by atoms with Crippen molar-refractivity contribution >= 4 is 11.8 Å². The lowest BCUT2D eigenvalue weighted by Gasteiger charge is -2.31. The molecule has 0 aliphatic carbocycles. The average Bonchev–Trinajstić information content (AvgIpc) is 2.63. The van der Waals surface area contributed by atoms with Crippen LogP contribution in [0.25, 0.3) is 0 Å². The minimum Gasteiger partial charge on any atom is -0.493 e. The first-order chi connectivity index (χ1) is 12.3. The van der Waals surface area contributed by atoms with Gasteiger partial charge in [0.2, 0.25) is 0 Å². The zero-order chi connectivity index (χ0) is 19.2. The number of aliphatic hydroxyl groups is 1. The molecule has 1 heterocycles. The highest BCUT2D eigenvalue weighted by atomic mass is 16.5. The molecule has 1 aromatic carbocycles. The van der Waals surface area contributed by atoms with Gasteiger partial charge in [-0.05, 0) is 35.8 Å². The van der Waals surface area contributed by atoms with Gasteiger partial charge < -0.3 is 14.7 Å². The summed E-state index contributed by atoms with van der Waals surface area (Å²) in [6.45, 7) is 7.92. The number of nitrogens with zero attached hydrogens (tertiary/aromatic N) is 2. The van der Waals surface area contributed by atoms with Gasteiger partial charge in [0.15, 0.2) is 0 Å². The van der Waals surface area contributed by atoms with E-state index in [1.54, 1.807) is 4.90 Å². The molecule has 6 nitrogen and oxygen atoms in total. The summed E-state index contributed by atoms with van der Waals surface area (Å²) in [4.78, 5) is 25.2. The van der Waals surface area contributed by atoms with Gasteiger partial charge in [0, 0.05) is 13.1 Å². The first-order valence-electron chi connectivity index (χ1n) is 9.17. The van der Waals surface area contributed by atoms with Crippen molar-refractivity contribution in [3.8, 4) is 5.75 Å². The van der Waals surface area contributed by atoms with Crippen LogP contribution in [0.2, 0.25) is 0 Å². The molecule has 1 aliphatic heterocycles. The zero-order valence-electron chi connectivity index (χ0n) is 15.9. The molecule has 0 saturated carbocycles. The first-order valence-corrected chi connectivity index (χ1v) is 9.17. The van der Waals surface area contributed by atoms with Crippen molar-refractivity contribution < 1.29 is 19.4 Å². The van der Waals surface area contributed by atoms with E-state index in [9.17, 15) is 9.59 Å². The lowest BCUT2D eigenvalue weighted by Crippen LogP contribution is -2.45. The van der Waals surface area contributed by atoms with Crippen LogP contribution in [0.3, 0.4) is 0 Å². The number of hydrogen-bond acceptors (Lipinski definition) is 4. The lowest BCUT2D eigenvalue weighted by molar-refractivity contribution is -0.147. The molecule has 143 valence electrons. The molecule has 1 aliphatic rings. The predicted octanol–water partition coefficient (Wildman–Crippen LogP) is 1.72. The van der Waals surface area contributed by atoms with Crippen molar-refractivity contribution in [2.45, 2.75) is 39.0 Å². The summed E-state index contributed by atoms with van der Waals surface area (Å²) >= 11 is 0. The minimum atomic E-state index is -0.771. The van der Waals surface area contributed by atoms with Crippen LogP contribution in [0.1, 0.15) is 39.2 Å². The quantitative estimate of drug-likeness (QED) is 0.810. The Labute approximate surface area is 155 Å². The molecule has 0 spiro atoms. The van der Waals surface area contributed by atoms with E-state index in [1.165, 1.54) is 5.56 Å². The first kappa shape index (κ1) is 20.2. The Morgan fingerprint density at radius 3 is 2.50 bits per heavy atom. The van der Waals surface area contributed by atoms with Gasteiger partial charge in [0.1, 0.15) is 5.75 Å². The standard InChI is InChI=1S/C20H29N2O4/c1-20(2,3)16-6-4-5-7-17(16)26-14-15-8-11-22(12-9-15)19(25)18(24)21-10-13-23/h4-7,15,23H,8-14H2,1-3H3. The van der Waals surface area contributed by atoms with Crippen LogP contribution < -0.4 is 10.1 Å². The van der Waals surface area contributed by atoms with E-state index in [2.05, 4.69) is 32.2 Å². The molecule has 6 heteroatoms. The summed E-state index contributed by atoms with van der Waals surface area (Å²) in [7, 11) is 0. The van der Waals surface area contributed by atoms with E-state index in [-0.39, 0.29) is 18.6 Å². The molecule has 1 N–H and O–H groups in total. The fourth-order valence-electron chi connectivity index (χ4n) is 3.08. The number of likely N-dealkylation sites (tertiary alicyclic amines) is 1. The van der Waals surface area contributed by atoms with Gasteiger partial charge >= 0.3 is 11.8 Å². The Balaban J connectivity index is 1.83. The molecule has 2 amide bonds. The Morgan fingerprint density at radius 1 is 1.23 bits per heavy atom. The fraction of sp³-hybridized carbons (Fsp3) is 0.600. The van der Waals surface area contributed by atoms with Gasteiger partial charge in [0.05, 0.1) is 19.8 Å². The normalized spacial score (nSPS) is 15.6. The number of carbonyl (C=O) groups is 2. The fourth-order valence-corrected chi connectivity index (χ4v) is 3.08. The smallest absolute Gasteiger partial charge is 0.330 e. The van der Waals surface area contributed by atoms with E-state index in [0.717, 1.165) is 18.6 Å². The molecule has 26 heavy (non-hydrogen) atoms. The zero-order valence-corrected chi connectivity index (χ0v) is 15.9. The lowest BCUT2D eigenvalue weighted by atomic mass is 9.86. The molecule has 1 radical (unpaired) electrons. The van der Waals surface area contributed by atoms with Crippen molar-refractivity contribution in [3.05, 3.63) is 29.8 Å². The van der Waals surface area contributed by atoms with E-state index in [0.29, 0.717) is 25.6 Å². The van der Waals surface area contributed by atoms with Crippen LogP contribution in [0.15, 0.2) is 24.3 Å². The van der Waals surface area contributed by atoms with Gasteiger partial charge in [-0.3, -0.25) is 9.59 Å². The van der Waals surface area contributed by atoms with E-state index in [4.69, 9.17) is 9.84 Å². The third-order valence-corrected chi connectivity index (χ3v) is 4.61. The summed E-state index contributed by atoms with van der Waals surface area (Å²) < 4.78 is 6.08. The number of rotatable bonds is 5. The van der Waals surface area contributed by atoms with Crippen LogP contribution in [0.4, 0.5) is 0 Å². The maximum Gasteiger partial charge on any atom is 0.330 e. The second-order valence-electron chi connectivity index (χ2n) is 7.70. The van der Waals surface area contributed by atoms with Crippen LogP contribution >= 0.6 is 0 Å². The summed E-state index contributed by atoms with van der Waals surface area (Å²) in [5, 5.41) is 12.2. The predicted molar refractivity (Wildman–Crippen MR) is 99.0 cm³/mol. The third-order valence-electron chi connectivity index (χ3n) is 4.61. The second kappa shape index (κ2) is 9.03. The molecular weight excluding hydrogens is 332 g/mol. The second-order valence-corrected chi connectivity index (χ2v) is 7.70. The number of amides is 2. The van der Waals surface area contributed by atoms with E-state index >= 15 is 0 Å². The number of piperidine rings is 1. The Hall–Kier alpha value is -2.08. The molecule has 2 rings (SSSR count). The maximum atomic E-state index is 12.0. The van der Waals surface area contributed by atoms with Gasteiger partial charge in [0.25, 0.3) is 0 Å². The van der Waals surface area contributed by atoms with Crippen LogP contribution in [0, 0.1) is 5.92 Å². The summed E-state index contributed by atoms with van der Waals surface area (Å²) in [6, 6.07) is 8.10. The van der Waals surface area contributed by atoms with Gasteiger partial charge in [-0.2, -0.15) is 0 Å². The summed E-state index contributed by atoms with van der Waals surface area (Å²) in [6.07, 6.45) is 1.60. The van der Waals surface area contributed by atoms with E-state index in [1.807, 2.05) is 18.2 Å². The number of carbonyl (C=O) groups excluding carboxylic acids is 2. The Bertz CT molecular complexity index is 616. The number of aliphatic hydroxyl groups excluding tert-OH is 1. The van der Waals surface area contributed by atoms with Crippen molar-refractivity contribution in [2.24, 2.45) is 5.92 Å². The number of ether oxygens (including phenoxy) is 1. The summed E-state index contributed by atoms with van der Waals surface area (Å²) in [5.74, 6) is -0.0724. The largest absolute Gasteiger partial charge is 0.493 e. The van der Waals surface area contributed by atoms with Gasteiger partial charge in [-0.25, -0.2) is 5.32 Å². The monoisotopic (exact) mass is 361 g/mol. The van der Waals surface area contributed by atoms with Gasteiger partial charge in [-0.15, -0.1) is 0 Å². The van der Waals surface area contributed by atoms with Crippen molar-refractivity contribution in [1.29, 1.82) is 0 Å². The highest BCUT2D eigenvalue weighted by Gasteiger charge is 2.28. The SMILES string of the molecule is CC(C)(C)c1ccccc1OCC1CCN(C(=O)C(=O)[N]CCO)CC1. The maximum absolute atomic E-state index is 12.0. The number of para-hydroxylation sites is 1. The molecule has 1 fully saturated rings. The molecule has 1 aromatic rings. The van der Waals surface area contributed by atoms with E-state index < -0.39 is 11.8 Å². The molecule has 0 aromatic heterocycles. The number of benzene rings is 1. The number of hydrogen-bond donors (Lipinski definition) is 1. The van der Waals surface area contributed by atoms with Crippen LogP contribution in [-0.2, 0) is 15.0 Å². The molecule has 0 unspecified atom stereocenters. The Kier molecular flexibility index (Phi) is 7.03. The average molecular weight is 361 g/mol. The van der Waals surface area contributed by atoms with Crippen LogP contribution in [-0.4, -0.2) is 54.7 Å². The van der Waals surface area contributed by atoms with Crippen LogP contribution in [0.5, 0.6) is 5.75 Å².